The summed E-state index contributed by atoms with van der Waals surface area (Å²) in [6.45, 7) is 8.79. The van der Waals surface area contributed by atoms with Gasteiger partial charge in [0.25, 0.3) is 0 Å². The highest BCUT2D eigenvalue weighted by molar-refractivity contribution is 14.0. The summed E-state index contributed by atoms with van der Waals surface area (Å²) in [7, 11) is 0. The highest BCUT2D eigenvalue weighted by Crippen LogP contribution is 2.28. The third kappa shape index (κ3) is 7.03. The molecule has 1 saturated carbocycles. The first-order chi connectivity index (χ1) is 10.6. The van der Waals surface area contributed by atoms with Crippen LogP contribution in [-0.2, 0) is 11.3 Å². The number of carbonyl (C=O) groups excluding carboxylic acids is 1. The fraction of sp³-hybridized carbons (Fsp3) is 0.667. The number of aliphatic imine (C=N–C) groups is 1. The third-order valence-electron chi connectivity index (χ3n) is 3.45. The molecule has 0 spiro atoms. The summed E-state index contributed by atoms with van der Waals surface area (Å²) < 4.78 is 0. The highest BCUT2D eigenvalue weighted by atomic mass is 127. The Morgan fingerprint density at radius 1 is 1.26 bits per heavy atom. The molecule has 1 fully saturated rings. The normalized spacial score (nSPS) is 14.1. The Balaban J connectivity index is 0.00000264. The minimum Gasteiger partial charge on any atom is -0.357 e. The fourth-order valence-corrected chi connectivity index (χ4v) is 2.81. The molecule has 0 saturated heterocycles. The Bertz CT molecular complexity index is 522. The highest BCUT2D eigenvalue weighted by Gasteiger charge is 2.28. The van der Waals surface area contributed by atoms with Crippen molar-refractivity contribution in [1.82, 2.24) is 20.9 Å². The molecule has 1 amide bonds. The van der Waals surface area contributed by atoms with Crippen LogP contribution in [0, 0.1) is 19.8 Å². The molecule has 1 aliphatic carbocycles. The summed E-state index contributed by atoms with van der Waals surface area (Å²) in [5.41, 5.74) is 1.08. The van der Waals surface area contributed by atoms with Crippen LogP contribution in [0.1, 0.15) is 35.3 Å². The maximum Gasteiger partial charge on any atom is 0.223 e. The van der Waals surface area contributed by atoms with Crippen LogP contribution in [0.5, 0.6) is 0 Å². The van der Waals surface area contributed by atoms with Gasteiger partial charge in [-0.2, -0.15) is 0 Å². The van der Waals surface area contributed by atoms with E-state index >= 15 is 0 Å². The predicted molar refractivity (Wildman–Crippen MR) is 106 cm³/mol. The number of hydrogen-bond acceptors (Lipinski definition) is 4. The van der Waals surface area contributed by atoms with E-state index in [1.165, 1.54) is 4.88 Å². The van der Waals surface area contributed by atoms with Crippen LogP contribution in [-0.4, -0.2) is 36.5 Å². The number of halogens is 1. The molecule has 1 aromatic rings. The number of carbonyl (C=O) groups is 1. The lowest BCUT2D eigenvalue weighted by Gasteiger charge is -2.11. The van der Waals surface area contributed by atoms with Gasteiger partial charge in [0.15, 0.2) is 5.96 Å². The van der Waals surface area contributed by atoms with Crippen molar-refractivity contribution >= 4 is 47.2 Å². The van der Waals surface area contributed by atoms with Gasteiger partial charge in [-0.25, -0.2) is 9.98 Å². The van der Waals surface area contributed by atoms with Gasteiger partial charge in [-0.3, -0.25) is 4.79 Å². The van der Waals surface area contributed by atoms with Gasteiger partial charge in [-0.15, -0.1) is 35.3 Å². The molecular formula is C15H26IN5OS. The van der Waals surface area contributed by atoms with Crippen LogP contribution >= 0.6 is 35.3 Å². The Morgan fingerprint density at radius 2 is 1.96 bits per heavy atom. The third-order valence-corrected chi connectivity index (χ3v) is 4.51. The van der Waals surface area contributed by atoms with Crippen molar-refractivity contribution in [2.24, 2.45) is 10.9 Å². The second-order valence-corrected chi connectivity index (χ2v) is 6.72. The molecule has 8 heteroatoms. The molecule has 1 heterocycles. The monoisotopic (exact) mass is 451 g/mol. The summed E-state index contributed by atoms with van der Waals surface area (Å²) in [6.07, 6.45) is 2.08. The fourth-order valence-electron chi connectivity index (χ4n) is 1.95. The number of guanidine groups is 1. The van der Waals surface area contributed by atoms with Crippen molar-refractivity contribution in [2.45, 2.75) is 40.2 Å². The molecule has 0 aliphatic heterocycles. The van der Waals surface area contributed by atoms with Crippen LogP contribution in [0.3, 0.4) is 0 Å². The maximum absolute atomic E-state index is 11.5. The van der Waals surface area contributed by atoms with E-state index in [2.05, 4.69) is 32.9 Å². The Labute approximate surface area is 159 Å². The van der Waals surface area contributed by atoms with E-state index < -0.39 is 0 Å². The molecule has 3 N–H and O–H groups in total. The van der Waals surface area contributed by atoms with Crippen molar-refractivity contribution in [1.29, 1.82) is 0 Å². The number of thiazole rings is 1. The van der Waals surface area contributed by atoms with E-state index in [0.29, 0.717) is 19.6 Å². The van der Waals surface area contributed by atoms with Crippen LogP contribution in [0.25, 0.3) is 0 Å². The number of nitrogens with zero attached hydrogens (tertiary/aromatic N) is 2. The zero-order valence-electron chi connectivity index (χ0n) is 13.9. The average Bonchev–Trinajstić information content (AvgIpc) is 3.28. The van der Waals surface area contributed by atoms with Crippen molar-refractivity contribution in [3.63, 3.8) is 0 Å². The molecule has 1 aromatic heterocycles. The second-order valence-electron chi connectivity index (χ2n) is 5.44. The first-order valence-electron chi connectivity index (χ1n) is 7.83. The van der Waals surface area contributed by atoms with Crippen molar-refractivity contribution in [3.8, 4) is 0 Å². The SMILES string of the molecule is CCNC(=NCc1nc(C)c(C)s1)NCCNC(=O)C1CC1.I. The van der Waals surface area contributed by atoms with Gasteiger partial charge in [-0.05, 0) is 33.6 Å². The van der Waals surface area contributed by atoms with E-state index in [4.69, 9.17) is 0 Å². The summed E-state index contributed by atoms with van der Waals surface area (Å²) in [5.74, 6) is 1.20. The number of nitrogens with one attached hydrogen (secondary N) is 3. The molecule has 23 heavy (non-hydrogen) atoms. The van der Waals surface area contributed by atoms with Gasteiger partial charge in [0.2, 0.25) is 5.91 Å². The lowest BCUT2D eigenvalue weighted by molar-refractivity contribution is -0.122. The number of aryl methyl sites for hydroxylation is 2. The Morgan fingerprint density at radius 3 is 2.52 bits per heavy atom. The zero-order valence-corrected chi connectivity index (χ0v) is 17.1. The van der Waals surface area contributed by atoms with E-state index in [9.17, 15) is 4.79 Å². The van der Waals surface area contributed by atoms with Crippen molar-refractivity contribution in [3.05, 3.63) is 15.6 Å². The van der Waals surface area contributed by atoms with Crippen LogP contribution in [0.15, 0.2) is 4.99 Å². The molecular weight excluding hydrogens is 425 g/mol. The first kappa shape index (κ1) is 20.1. The minimum absolute atomic E-state index is 0. The van der Waals surface area contributed by atoms with Crippen LogP contribution < -0.4 is 16.0 Å². The van der Waals surface area contributed by atoms with E-state index in [1.807, 2.05) is 13.8 Å². The maximum atomic E-state index is 11.5. The van der Waals surface area contributed by atoms with Gasteiger partial charge in [0.05, 0.1) is 12.2 Å². The van der Waals surface area contributed by atoms with Gasteiger partial charge in [-0.1, -0.05) is 0 Å². The molecule has 1 aliphatic rings. The largest absolute Gasteiger partial charge is 0.357 e. The lowest BCUT2D eigenvalue weighted by atomic mass is 10.4. The number of amides is 1. The summed E-state index contributed by atoms with van der Waals surface area (Å²) >= 11 is 1.69. The van der Waals surface area contributed by atoms with E-state index in [1.54, 1.807) is 11.3 Å². The van der Waals surface area contributed by atoms with Gasteiger partial charge in [0.1, 0.15) is 5.01 Å². The molecule has 0 atom stereocenters. The standard InChI is InChI=1S/C15H25N5OS.HI/c1-4-16-15(18-8-7-17-14(21)12-5-6-12)19-9-13-20-10(2)11(3)22-13;/h12H,4-9H2,1-3H3,(H,17,21)(H2,16,18,19);1H. The quantitative estimate of drug-likeness (QED) is 0.256. The molecule has 130 valence electrons. The van der Waals surface area contributed by atoms with Crippen LogP contribution in [0.4, 0.5) is 0 Å². The molecule has 6 nitrogen and oxygen atoms in total. The van der Waals surface area contributed by atoms with Crippen LogP contribution in [0.2, 0.25) is 0 Å². The first-order valence-corrected chi connectivity index (χ1v) is 8.64. The van der Waals surface area contributed by atoms with Gasteiger partial charge >= 0.3 is 0 Å². The summed E-state index contributed by atoms with van der Waals surface area (Å²) in [5, 5.41) is 10.4. The van der Waals surface area contributed by atoms with Gasteiger partial charge in [0, 0.05) is 30.4 Å². The average molecular weight is 451 g/mol. The molecule has 0 bridgehead atoms. The van der Waals surface area contributed by atoms with E-state index in [0.717, 1.165) is 36.0 Å². The summed E-state index contributed by atoms with van der Waals surface area (Å²) in [6, 6.07) is 0. The van der Waals surface area contributed by atoms with E-state index in [-0.39, 0.29) is 35.8 Å². The van der Waals surface area contributed by atoms with Crippen molar-refractivity contribution < 1.29 is 4.79 Å². The molecule has 0 unspecified atom stereocenters. The molecule has 0 radical (unpaired) electrons. The predicted octanol–water partition coefficient (Wildman–Crippen LogP) is 1.96. The minimum atomic E-state index is 0. The number of rotatable bonds is 7. The zero-order chi connectivity index (χ0) is 15.9. The summed E-state index contributed by atoms with van der Waals surface area (Å²) in [4.78, 5) is 21.8. The topological polar surface area (TPSA) is 78.4 Å². The molecule has 0 aromatic carbocycles. The van der Waals surface area contributed by atoms with Gasteiger partial charge < -0.3 is 16.0 Å². The second kappa shape index (κ2) is 10.1. The number of aromatic nitrogens is 1. The Hall–Kier alpha value is -0.900. The molecule has 2 rings (SSSR count). The number of hydrogen-bond donors (Lipinski definition) is 3. The van der Waals surface area contributed by atoms with Crippen molar-refractivity contribution in [2.75, 3.05) is 19.6 Å². The Kier molecular flexibility index (Phi) is 8.82. The smallest absolute Gasteiger partial charge is 0.223 e. The lowest BCUT2D eigenvalue weighted by Crippen LogP contribution is -2.41.